The fourth-order valence-electron chi connectivity index (χ4n) is 2.74. The van der Waals surface area contributed by atoms with Gasteiger partial charge in [-0.05, 0) is 66.2 Å². The van der Waals surface area contributed by atoms with Crippen molar-refractivity contribution >= 4 is 34.5 Å². The monoisotopic (exact) mass is 472 g/mol. The van der Waals surface area contributed by atoms with Gasteiger partial charge in [0.1, 0.15) is 21.8 Å². The Morgan fingerprint density at radius 1 is 1.03 bits per heavy atom. The van der Waals surface area contributed by atoms with Crippen molar-refractivity contribution in [2.45, 2.75) is 59.7 Å². The number of hydrogen-bond donors (Lipinski definition) is 0. The van der Waals surface area contributed by atoms with Crippen LogP contribution in [0.15, 0.2) is 29.6 Å². The van der Waals surface area contributed by atoms with E-state index >= 15 is 0 Å². The van der Waals surface area contributed by atoms with Gasteiger partial charge in [-0.15, -0.1) is 11.3 Å². The molecule has 0 radical (unpaired) electrons. The Hall–Kier alpha value is -3.38. The molecule has 1 aromatic carbocycles. The van der Waals surface area contributed by atoms with Crippen LogP contribution in [0.5, 0.6) is 0 Å². The number of thiophene rings is 1. The summed E-state index contributed by atoms with van der Waals surface area (Å²) in [4.78, 5) is 39.9. The average molecular weight is 473 g/mol. The fourth-order valence-corrected chi connectivity index (χ4v) is 3.79. The second kappa shape index (κ2) is 10.0. The Bertz CT molecular complexity index is 1060. The van der Waals surface area contributed by atoms with Gasteiger partial charge in [0.15, 0.2) is 0 Å². The third kappa shape index (κ3) is 6.80. The first-order valence-electron chi connectivity index (χ1n) is 10.3. The lowest BCUT2D eigenvalue weighted by molar-refractivity contribution is 0.0432. The van der Waals surface area contributed by atoms with E-state index in [4.69, 9.17) is 14.2 Å². The lowest BCUT2D eigenvalue weighted by atomic mass is 10.0. The Morgan fingerprint density at radius 3 is 2.09 bits per heavy atom. The van der Waals surface area contributed by atoms with E-state index in [0.29, 0.717) is 21.6 Å². The predicted octanol–water partition coefficient (Wildman–Crippen LogP) is 6.14. The van der Waals surface area contributed by atoms with Gasteiger partial charge in [-0.1, -0.05) is 12.1 Å². The molecule has 176 valence electrons. The van der Waals surface area contributed by atoms with Crippen molar-refractivity contribution in [3.8, 4) is 17.2 Å². The lowest BCUT2D eigenvalue weighted by Gasteiger charge is -2.28. The van der Waals surface area contributed by atoms with Crippen LogP contribution in [0.2, 0.25) is 0 Å². The first-order chi connectivity index (χ1) is 15.3. The zero-order chi connectivity index (χ0) is 25.0. The summed E-state index contributed by atoms with van der Waals surface area (Å²) in [6.07, 6.45) is -1.97. The summed E-state index contributed by atoms with van der Waals surface area (Å²) in [6, 6.07) is 8.70. The van der Waals surface area contributed by atoms with Gasteiger partial charge in [-0.3, -0.25) is 0 Å². The molecule has 0 aliphatic carbocycles. The molecule has 1 aromatic heterocycles. The highest BCUT2D eigenvalue weighted by atomic mass is 32.1. The number of amides is 2. The number of carbonyl (C=O) groups is 3. The molecule has 0 unspecified atom stereocenters. The molecule has 0 bridgehead atoms. The number of benzene rings is 1. The largest absolute Gasteiger partial charge is 0.462 e. The van der Waals surface area contributed by atoms with E-state index in [1.807, 2.05) is 0 Å². The zero-order valence-corrected chi connectivity index (χ0v) is 20.7. The minimum atomic E-state index is -0.985. The van der Waals surface area contributed by atoms with Crippen molar-refractivity contribution in [1.82, 2.24) is 0 Å². The third-order valence-corrected chi connectivity index (χ3v) is 4.87. The second-order valence-corrected chi connectivity index (χ2v) is 9.90. The van der Waals surface area contributed by atoms with E-state index in [1.54, 1.807) is 78.1 Å². The van der Waals surface area contributed by atoms with Crippen LogP contribution in [0.3, 0.4) is 0 Å². The first-order valence-corrected chi connectivity index (χ1v) is 11.2. The minimum Gasteiger partial charge on any atom is -0.462 e. The maximum atomic E-state index is 13.1. The second-order valence-electron chi connectivity index (χ2n) is 9.04. The molecule has 0 spiro atoms. The highest BCUT2D eigenvalue weighted by Crippen LogP contribution is 2.40. The summed E-state index contributed by atoms with van der Waals surface area (Å²) in [7, 11) is 0. The Kier molecular flexibility index (Phi) is 7.88. The van der Waals surface area contributed by atoms with Crippen molar-refractivity contribution in [3.63, 3.8) is 0 Å². The van der Waals surface area contributed by atoms with Crippen molar-refractivity contribution in [3.05, 3.63) is 40.8 Å². The zero-order valence-electron chi connectivity index (χ0n) is 19.8. The van der Waals surface area contributed by atoms with Crippen molar-refractivity contribution < 1.29 is 28.6 Å². The van der Waals surface area contributed by atoms with E-state index in [1.165, 1.54) is 0 Å². The van der Waals surface area contributed by atoms with E-state index in [0.717, 1.165) is 11.3 Å². The van der Waals surface area contributed by atoms with Crippen LogP contribution in [-0.2, 0) is 14.2 Å². The number of rotatable bonds is 4. The third-order valence-electron chi connectivity index (χ3n) is 3.91. The Labute approximate surface area is 197 Å². The molecular weight excluding hydrogens is 444 g/mol. The SMILES string of the molecule is CCOC(=O)c1c(-c2cccc(C#N)c2)csc1N(C(=O)OC(C)(C)C)C(=O)OC(C)(C)C. The quantitative estimate of drug-likeness (QED) is 0.388. The molecule has 0 saturated carbocycles. The number of ether oxygens (including phenoxy) is 3. The molecule has 0 atom stereocenters. The normalized spacial score (nSPS) is 11.3. The predicted molar refractivity (Wildman–Crippen MR) is 125 cm³/mol. The van der Waals surface area contributed by atoms with Crippen LogP contribution >= 0.6 is 11.3 Å². The lowest BCUT2D eigenvalue weighted by Crippen LogP contribution is -2.44. The fraction of sp³-hybridized carbons (Fsp3) is 0.417. The number of anilines is 1. The molecule has 0 aliphatic heterocycles. The molecule has 2 amide bonds. The van der Waals surface area contributed by atoms with Gasteiger partial charge in [0.25, 0.3) is 0 Å². The van der Waals surface area contributed by atoms with E-state index in [2.05, 4.69) is 6.07 Å². The standard InChI is InChI=1S/C24H28N2O6S/c1-8-30-20(27)18-17(16-11-9-10-15(12-16)13-25)14-33-19(18)26(21(28)31-23(2,3)4)22(29)32-24(5,6)7/h9-12,14H,8H2,1-7H3. The van der Waals surface area contributed by atoms with Gasteiger partial charge in [0.05, 0.1) is 18.2 Å². The molecule has 33 heavy (non-hydrogen) atoms. The van der Waals surface area contributed by atoms with Gasteiger partial charge in [-0.2, -0.15) is 10.2 Å². The first kappa shape index (κ1) is 25.9. The van der Waals surface area contributed by atoms with Crippen LogP contribution in [0.1, 0.15) is 64.4 Å². The van der Waals surface area contributed by atoms with Gasteiger partial charge in [0, 0.05) is 10.9 Å². The molecule has 2 aromatic rings. The molecule has 8 nitrogen and oxygen atoms in total. The number of nitrogens with zero attached hydrogens (tertiary/aromatic N) is 2. The smallest absolute Gasteiger partial charge is 0.425 e. The van der Waals surface area contributed by atoms with Gasteiger partial charge < -0.3 is 14.2 Å². The molecule has 0 fully saturated rings. The van der Waals surface area contributed by atoms with Crippen LogP contribution in [-0.4, -0.2) is 36.0 Å². The summed E-state index contributed by atoms with van der Waals surface area (Å²) in [5.74, 6) is -0.719. The van der Waals surface area contributed by atoms with Crippen LogP contribution < -0.4 is 4.90 Å². The number of imide groups is 1. The minimum absolute atomic E-state index is 0.00802. The summed E-state index contributed by atoms with van der Waals surface area (Å²) in [5.41, 5.74) is -0.416. The van der Waals surface area contributed by atoms with Gasteiger partial charge in [0.2, 0.25) is 0 Å². The topological polar surface area (TPSA) is 106 Å². The summed E-state index contributed by atoms with van der Waals surface area (Å²) in [5, 5.41) is 10.9. The molecule has 9 heteroatoms. The maximum Gasteiger partial charge on any atom is 0.425 e. The van der Waals surface area contributed by atoms with Crippen molar-refractivity contribution in [1.29, 1.82) is 5.26 Å². The Balaban J connectivity index is 2.72. The van der Waals surface area contributed by atoms with E-state index in [9.17, 15) is 19.6 Å². The van der Waals surface area contributed by atoms with Gasteiger partial charge in [-0.25, -0.2) is 14.4 Å². The number of hydrogen-bond acceptors (Lipinski definition) is 8. The molecule has 1 heterocycles. The van der Waals surface area contributed by atoms with E-state index in [-0.39, 0.29) is 17.2 Å². The highest BCUT2D eigenvalue weighted by molar-refractivity contribution is 7.15. The Morgan fingerprint density at radius 2 is 1.61 bits per heavy atom. The molecule has 0 N–H and O–H groups in total. The van der Waals surface area contributed by atoms with Gasteiger partial charge >= 0.3 is 18.2 Å². The van der Waals surface area contributed by atoms with Crippen LogP contribution in [0.4, 0.5) is 14.6 Å². The molecule has 0 saturated heterocycles. The highest BCUT2D eigenvalue weighted by Gasteiger charge is 2.37. The molecular formula is C24H28N2O6S. The van der Waals surface area contributed by atoms with Crippen LogP contribution in [0.25, 0.3) is 11.1 Å². The average Bonchev–Trinajstić information content (AvgIpc) is 3.10. The maximum absolute atomic E-state index is 13.1. The molecule has 0 aliphatic rings. The van der Waals surface area contributed by atoms with E-state index < -0.39 is 29.4 Å². The number of nitriles is 1. The summed E-state index contributed by atoms with van der Waals surface area (Å²) < 4.78 is 16.1. The molecule has 2 rings (SSSR count). The number of carbonyl (C=O) groups excluding carboxylic acids is 3. The number of esters is 1. The van der Waals surface area contributed by atoms with Crippen LogP contribution in [0, 0.1) is 11.3 Å². The van der Waals surface area contributed by atoms with Crippen molar-refractivity contribution in [2.24, 2.45) is 0 Å². The van der Waals surface area contributed by atoms with Crippen molar-refractivity contribution in [2.75, 3.05) is 11.5 Å². The summed E-state index contributed by atoms with van der Waals surface area (Å²) in [6.45, 7) is 11.7. The summed E-state index contributed by atoms with van der Waals surface area (Å²) >= 11 is 0.996.